The highest BCUT2D eigenvalue weighted by atomic mass is 35.5. The van der Waals surface area contributed by atoms with Gasteiger partial charge < -0.3 is 9.97 Å². The third kappa shape index (κ3) is 2.41. The molecule has 0 aliphatic heterocycles. The summed E-state index contributed by atoms with van der Waals surface area (Å²) in [6.45, 7) is 0. The molecule has 0 atom stereocenters. The fourth-order valence-corrected chi connectivity index (χ4v) is 2.71. The van der Waals surface area contributed by atoms with Crippen molar-refractivity contribution in [2.45, 2.75) is 0 Å². The van der Waals surface area contributed by atoms with Crippen molar-refractivity contribution in [1.29, 1.82) is 0 Å². The number of para-hydroxylation sites is 1. The largest absolute Gasteiger partial charge is 0.338 e. The minimum Gasteiger partial charge on any atom is -0.338 e. The lowest BCUT2D eigenvalue weighted by molar-refractivity contribution is 0.111. The maximum Gasteiger partial charge on any atom is 0.167 e. The molecule has 0 amide bonds. The van der Waals surface area contributed by atoms with E-state index in [-0.39, 0.29) is 0 Å². The summed E-state index contributed by atoms with van der Waals surface area (Å²) in [4.78, 5) is 25.8. The number of H-pyrrole nitrogens is 2. The Hall–Kier alpha value is -2.92. The van der Waals surface area contributed by atoms with E-state index in [1.807, 2.05) is 42.5 Å². The summed E-state index contributed by atoms with van der Waals surface area (Å²) in [6, 6.07) is 13.4. The molecule has 2 aromatic heterocycles. The van der Waals surface area contributed by atoms with Gasteiger partial charge in [-0.15, -0.1) is 0 Å². The second-order valence-corrected chi connectivity index (χ2v) is 5.51. The lowest BCUT2D eigenvalue weighted by Gasteiger charge is -2.00. The van der Waals surface area contributed by atoms with Crippen molar-refractivity contribution >= 4 is 28.9 Å². The van der Waals surface area contributed by atoms with Gasteiger partial charge in [-0.1, -0.05) is 35.9 Å². The van der Waals surface area contributed by atoms with E-state index in [4.69, 9.17) is 11.6 Å². The summed E-state index contributed by atoms with van der Waals surface area (Å²) in [7, 11) is 0. The van der Waals surface area contributed by atoms with E-state index in [1.54, 1.807) is 0 Å². The molecule has 0 aliphatic carbocycles. The van der Waals surface area contributed by atoms with Crippen molar-refractivity contribution in [3.63, 3.8) is 0 Å². The zero-order valence-electron chi connectivity index (χ0n) is 11.9. The average molecular weight is 323 g/mol. The van der Waals surface area contributed by atoms with Crippen LogP contribution in [-0.2, 0) is 0 Å². The predicted molar refractivity (Wildman–Crippen MR) is 89.5 cm³/mol. The van der Waals surface area contributed by atoms with Crippen LogP contribution in [0.1, 0.15) is 10.5 Å². The van der Waals surface area contributed by atoms with Crippen molar-refractivity contribution in [3.05, 3.63) is 59.4 Å². The summed E-state index contributed by atoms with van der Waals surface area (Å²) in [5.74, 6) is 1.38. The lowest BCUT2D eigenvalue weighted by atomic mass is 10.1. The van der Waals surface area contributed by atoms with E-state index in [2.05, 4.69) is 19.9 Å². The topological polar surface area (TPSA) is 74.4 Å². The molecule has 0 fully saturated rings. The Bertz CT molecular complexity index is 1020. The van der Waals surface area contributed by atoms with Gasteiger partial charge in [-0.3, -0.25) is 4.79 Å². The molecule has 0 bridgehead atoms. The number of halogens is 1. The molecular formula is C17H11ClN4O. The van der Waals surface area contributed by atoms with Crippen LogP contribution in [-0.4, -0.2) is 26.2 Å². The van der Waals surface area contributed by atoms with Crippen LogP contribution in [0.15, 0.2) is 48.7 Å². The quantitative estimate of drug-likeness (QED) is 0.558. The summed E-state index contributed by atoms with van der Waals surface area (Å²) >= 11 is 6.17. The molecule has 4 rings (SSSR count). The number of hydrogen-bond acceptors (Lipinski definition) is 3. The van der Waals surface area contributed by atoms with Crippen molar-refractivity contribution in [2.75, 3.05) is 0 Å². The SMILES string of the molecule is O=Cc1cnc(-c2cccc(-c3nc4c(Cl)cccc4[nH]3)c2)[nH]1. The smallest absolute Gasteiger partial charge is 0.167 e. The molecule has 4 aromatic rings. The molecule has 0 aliphatic rings. The van der Waals surface area contributed by atoms with E-state index in [9.17, 15) is 4.79 Å². The first-order chi connectivity index (χ1) is 11.2. The van der Waals surface area contributed by atoms with Crippen molar-refractivity contribution in [3.8, 4) is 22.8 Å². The van der Waals surface area contributed by atoms with Crippen molar-refractivity contribution in [2.24, 2.45) is 0 Å². The first-order valence-electron chi connectivity index (χ1n) is 7.00. The van der Waals surface area contributed by atoms with Crippen LogP contribution in [0.4, 0.5) is 0 Å². The Morgan fingerprint density at radius 2 is 1.78 bits per heavy atom. The summed E-state index contributed by atoms with van der Waals surface area (Å²) in [5.41, 5.74) is 3.87. The van der Waals surface area contributed by atoms with Crippen LogP contribution in [0, 0.1) is 0 Å². The van der Waals surface area contributed by atoms with Gasteiger partial charge in [0, 0.05) is 11.1 Å². The zero-order valence-corrected chi connectivity index (χ0v) is 12.6. The maximum absolute atomic E-state index is 10.8. The molecule has 0 saturated carbocycles. The highest BCUT2D eigenvalue weighted by Gasteiger charge is 2.10. The molecule has 0 unspecified atom stereocenters. The number of hydrogen-bond donors (Lipinski definition) is 2. The minimum atomic E-state index is 0.445. The highest BCUT2D eigenvalue weighted by Crippen LogP contribution is 2.27. The Morgan fingerprint density at radius 1 is 1.00 bits per heavy atom. The number of carbonyl (C=O) groups is 1. The molecule has 0 radical (unpaired) electrons. The third-order valence-corrected chi connectivity index (χ3v) is 3.90. The Morgan fingerprint density at radius 3 is 2.52 bits per heavy atom. The monoisotopic (exact) mass is 322 g/mol. The van der Waals surface area contributed by atoms with Gasteiger partial charge >= 0.3 is 0 Å². The van der Waals surface area contributed by atoms with Gasteiger partial charge in [0.15, 0.2) is 6.29 Å². The second kappa shape index (κ2) is 5.37. The molecule has 6 heteroatoms. The van der Waals surface area contributed by atoms with Crippen LogP contribution in [0.5, 0.6) is 0 Å². The van der Waals surface area contributed by atoms with Crippen LogP contribution in [0.25, 0.3) is 33.8 Å². The average Bonchev–Trinajstić information content (AvgIpc) is 3.22. The first-order valence-corrected chi connectivity index (χ1v) is 7.37. The fourth-order valence-electron chi connectivity index (χ4n) is 2.49. The highest BCUT2D eigenvalue weighted by molar-refractivity contribution is 6.35. The zero-order chi connectivity index (χ0) is 15.8. The molecule has 112 valence electrons. The van der Waals surface area contributed by atoms with Crippen molar-refractivity contribution in [1.82, 2.24) is 19.9 Å². The van der Waals surface area contributed by atoms with Crippen LogP contribution in [0.2, 0.25) is 5.02 Å². The first kappa shape index (κ1) is 13.7. The molecule has 23 heavy (non-hydrogen) atoms. The minimum absolute atomic E-state index is 0.445. The number of benzene rings is 2. The Labute approximate surface area is 136 Å². The van der Waals surface area contributed by atoms with E-state index in [1.165, 1.54) is 6.20 Å². The van der Waals surface area contributed by atoms with Gasteiger partial charge in [0.2, 0.25) is 0 Å². The number of fused-ring (bicyclic) bond motifs is 1. The lowest BCUT2D eigenvalue weighted by Crippen LogP contribution is -1.85. The van der Waals surface area contributed by atoms with Gasteiger partial charge in [-0.25, -0.2) is 9.97 Å². The number of nitrogens with zero attached hydrogens (tertiary/aromatic N) is 2. The molecule has 0 saturated heterocycles. The van der Waals surface area contributed by atoms with Gasteiger partial charge in [0.1, 0.15) is 17.2 Å². The molecule has 5 nitrogen and oxygen atoms in total. The summed E-state index contributed by atoms with van der Waals surface area (Å²) in [5, 5.41) is 0.614. The second-order valence-electron chi connectivity index (χ2n) is 5.11. The van der Waals surface area contributed by atoms with E-state index >= 15 is 0 Å². The Balaban J connectivity index is 1.80. The van der Waals surface area contributed by atoms with Gasteiger partial charge in [0.05, 0.1) is 22.4 Å². The fraction of sp³-hybridized carbons (Fsp3) is 0. The van der Waals surface area contributed by atoms with Gasteiger partial charge in [-0.2, -0.15) is 0 Å². The number of aromatic nitrogens is 4. The number of aromatic amines is 2. The number of aldehydes is 1. The van der Waals surface area contributed by atoms with Gasteiger partial charge in [0.25, 0.3) is 0 Å². The molecule has 2 N–H and O–H groups in total. The van der Waals surface area contributed by atoms with Crippen LogP contribution >= 0.6 is 11.6 Å². The van der Waals surface area contributed by atoms with E-state index in [0.717, 1.165) is 34.3 Å². The third-order valence-electron chi connectivity index (χ3n) is 3.60. The standard InChI is InChI=1S/C17H11ClN4O/c18-13-5-2-6-14-15(13)22-17(21-14)11-4-1-3-10(7-11)16-19-8-12(9-23)20-16/h1-9H,(H,19,20)(H,21,22). The van der Waals surface area contributed by atoms with Crippen LogP contribution in [0.3, 0.4) is 0 Å². The predicted octanol–water partition coefficient (Wildman–Crippen LogP) is 4.09. The maximum atomic E-state index is 10.8. The summed E-state index contributed by atoms with van der Waals surface area (Å²) in [6.07, 6.45) is 2.25. The normalized spacial score (nSPS) is 11.0. The number of rotatable bonds is 3. The van der Waals surface area contributed by atoms with Gasteiger partial charge in [-0.05, 0) is 18.2 Å². The number of carbonyl (C=O) groups excluding carboxylic acids is 1. The molecule has 2 aromatic carbocycles. The van der Waals surface area contributed by atoms with Crippen molar-refractivity contribution < 1.29 is 4.79 Å². The van der Waals surface area contributed by atoms with E-state index in [0.29, 0.717) is 16.5 Å². The molecule has 0 spiro atoms. The van der Waals surface area contributed by atoms with E-state index < -0.39 is 0 Å². The number of nitrogens with one attached hydrogen (secondary N) is 2. The van der Waals surface area contributed by atoms with Crippen LogP contribution < -0.4 is 0 Å². The summed E-state index contributed by atoms with van der Waals surface area (Å²) < 4.78 is 0. The molecule has 2 heterocycles. The number of imidazole rings is 2. The molecular weight excluding hydrogens is 312 g/mol. The Kier molecular flexibility index (Phi) is 3.20.